The quantitative estimate of drug-likeness (QED) is 0.469. The summed E-state index contributed by atoms with van der Waals surface area (Å²) < 4.78 is 1.90. The van der Waals surface area contributed by atoms with Crippen molar-refractivity contribution in [2.75, 3.05) is 12.3 Å². The highest BCUT2D eigenvalue weighted by atomic mass is 32.2. The molecule has 0 atom stereocenters. The molecule has 0 fully saturated rings. The Morgan fingerprint density at radius 1 is 1.20 bits per heavy atom. The van der Waals surface area contributed by atoms with Crippen molar-refractivity contribution in [1.82, 2.24) is 25.4 Å². The molecule has 2 aromatic rings. The fourth-order valence-corrected chi connectivity index (χ4v) is 4.04. The highest BCUT2D eigenvalue weighted by molar-refractivity contribution is 7.99. The molecule has 3 amide bonds. The summed E-state index contributed by atoms with van der Waals surface area (Å²) in [5.74, 6) is 0.416. The normalized spacial score (nSPS) is 13.4. The van der Waals surface area contributed by atoms with E-state index in [1.807, 2.05) is 34.9 Å². The van der Waals surface area contributed by atoms with E-state index in [4.69, 9.17) is 0 Å². The molecule has 0 aliphatic heterocycles. The minimum atomic E-state index is -0.463. The largest absolute Gasteiger partial charge is 0.337 e. The summed E-state index contributed by atoms with van der Waals surface area (Å²) in [5.41, 5.74) is 2.33. The first kappa shape index (κ1) is 21.8. The summed E-state index contributed by atoms with van der Waals surface area (Å²) in [6.45, 7) is 4.85. The smallest absolute Gasteiger partial charge is 0.321 e. The molecule has 0 spiro atoms. The zero-order valence-electron chi connectivity index (χ0n) is 17.0. The Morgan fingerprint density at radius 2 is 2.03 bits per heavy atom. The van der Waals surface area contributed by atoms with Crippen LogP contribution >= 0.6 is 11.8 Å². The molecule has 0 radical (unpaired) electrons. The summed E-state index contributed by atoms with van der Waals surface area (Å²) in [4.78, 5) is 24.1. The van der Waals surface area contributed by atoms with Gasteiger partial charge in [-0.2, -0.15) is 0 Å². The number of nitrogens with zero attached hydrogens (tertiary/aromatic N) is 3. The standard InChI is InChI=1S/C22H27N5O2S/c1-2-15-27-20(18-11-7-4-8-12-18)25-26-22(27)30-16-19(28)24-21(29)23-14-13-17-9-5-3-6-10-17/h2,4,7-9,11-12H,1,3,5-6,10,13-16H2,(H2,23,24,28,29). The van der Waals surface area contributed by atoms with Crippen LogP contribution in [0, 0.1) is 0 Å². The third-order valence-corrected chi connectivity index (χ3v) is 5.73. The molecule has 0 saturated heterocycles. The van der Waals surface area contributed by atoms with Crippen molar-refractivity contribution in [3.63, 3.8) is 0 Å². The van der Waals surface area contributed by atoms with Crippen molar-refractivity contribution in [2.24, 2.45) is 0 Å². The highest BCUT2D eigenvalue weighted by Crippen LogP contribution is 2.24. The lowest BCUT2D eigenvalue weighted by Gasteiger charge is -2.13. The number of allylic oxidation sites excluding steroid dienone is 2. The molecule has 8 heteroatoms. The summed E-state index contributed by atoms with van der Waals surface area (Å²) in [6.07, 6.45) is 9.55. The van der Waals surface area contributed by atoms with Gasteiger partial charge in [-0.05, 0) is 32.1 Å². The number of urea groups is 1. The van der Waals surface area contributed by atoms with Gasteiger partial charge in [0.15, 0.2) is 11.0 Å². The fraction of sp³-hybridized carbons (Fsp3) is 0.364. The van der Waals surface area contributed by atoms with Gasteiger partial charge < -0.3 is 5.32 Å². The monoisotopic (exact) mass is 425 g/mol. The lowest BCUT2D eigenvalue weighted by molar-refractivity contribution is -0.117. The van der Waals surface area contributed by atoms with Gasteiger partial charge in [-0.3, -0.25) is 14.7 Å². The van der Waals surface area contributed by atoms with Gasteiger partial charge in [0.2, 0.25) is 5.91 Å². The number of hydrogen-bond acceptors (Lipinski definition) is 5. The number of thioether (sulfide) groups is 1. The Labute approximate surface area is 181 Å². The summed E-state index contributed by atoms with van der Waals surface area (Å²) in [6, 6.07) is 9.26. The van der Waals surface area contributed by atoms with Crippen molar-refractivity contribution in [2.45, 2.75) is 43.8 Å². The third-order valence-electron chi connectivity index (χ3n) is 4.76. The van der Waals surface area contributed by atoms with Gasteiger partial charge in [-0.1, -0.05) is 59.8 Å². The van der Waals surface area contributed by atoms with Gasteiger partial charge in [0.25, 0.3) is 0 Å². The molecule has 7 nitrogen and oxygen atoms in total. The predicted molar refractivity (Wildman–Crippen MR) is 119 cm³/mol. The van der Waals surface area contributed by atoms with Crippen LogP contribution in [0.15, 0.2) is 59.8 Å². The Bertz CT molecular complexity index is 908. The number of aromatic nitrogens is 3. The second-order valence-corrected chi connectivity index (χ2v) is 7.96. The average molecular weight is 426 g/mol. The van der Waals surface area contributed by atoms with Crippen LogP contribution in [0.2, 0.25) is 0 Å². The van der Waals surface area contributed by atoms with Crippen molar-refractivity contribution >= 4 is 23.7 Å². The van der Waals surface area contributed by atoms with Crippen molar-refractivity contribution in [3.05, 3.63) is 54.6 Å². The van der Waals surface area contributed by atoms with Crippen LogP contribution in [0.3, 0.4) is 0 Å². The van der Waals surface area contributed by atoms with E-state index in [0.29, 0.717) is 24.1 Å². The van der Waals surface area contributed by atoms with Crippen LogP contribution in [0.1, 0.15) is 32.1 Å². The Morgan fingerprint density at radius 3 is 2.77 bits per heavy atom. The van der Waals surface area contributed by atoms with Crippen LogP contribution < -0.4 is 10.6 Å². The number of rotatable bonds is 9. The second-order valence-electron chi connectivity index (χ2n) is 7.02. The van der Waals surface area contributed by atoms with Crippen LogP contribution in [0.25, 0.3) is 11.4 Å². The van der Waals surface area contributed by atoms with E-state index in [9.17, 15) is 9.59 Å². The zero-order chi connectivity index (χ0) is 21.2. The van der Waals surface area contributed by atoms with Gasteiger partial charge in [-0.25, -0.2) is 4.79 Å². The molecule has 1 aliphatic rings. The molecule has 1 heterocycles. The minimum Gasteiger partial charge on any atom is -0.337 e. The molecule has 0 unspecified atom stereocenters. The minimum absolute atomic E-state index is 0.0721. The Kier molecular flexibility index (Phi) is 8.26. The van der Waals surface area contributed by atoms with E-state index in [1.165, 1.54) is 30.2 Å². The lowest BCUT2D eigenvalue weighted by Crippen LogP contribution is -2.40. The van der Waals surface area contributed by atoms with E-state index < -0.39 is 6.03 Å². The number of nitrogens with one attached hydrogen (secondary N) is 2. The van der Waals surface area contributed by atoms with Gasteiger partial charge in [0, 0.05) is 18.7 Å². The Balaban J connectivity index is 1.48. The van der Waals surface area contributed by atoms with Crippen LogP contribution in [-0.4, -0.2) is 39.0 Å². The highest BCUT2D eigenvalue weighted by Gasteiger charge is 2.15. The maximum atomic E-state index is 12.2. The second kappa shape index (κ2) is 11.3. The number of amides is 3. The maximum absolute atomic E-state index is 12.2. The first-order valence-electron chi connectivity index (χ1n) is 10.2. The zero-order valence-corrected chi connectivity index (χ0v) is 17.8. The maximum Gasteiger partial charge on any atom is 0.321 e. The number of hydrogen-bond donors (Lipinski definition) is 2. The lowest BCUT2D eigenvalue weighted by atomic mass is 9.97. The molecular formula is C22H27N5O2S. The van der Waals surface area contributed by atoms with E-state index in [1.54, 1.807) is 6.08 Å². The van der Waals surface area contributed by atoms with Gasteiger partial charge in [-0.15, -0.1) is 16.8 Å². The Hall–Kier alpha value is -2.87. The topological polar surface area (TPSA) is 88.9 Å². The SMILES string of the molecule is C=CCn1c(SCC(=O)NC(=O)NCCC2=CCCCC2)nnc1-c1ccccc1. The molecule has 3 rings (SSSR count). The number of carbonyl (C=O) groups excluding carboxylic acids is 2. The molecule has 158 valence electrons. The van der Waals surface area contributed by atoms with Crippen molar-refractivity contribution in [1.29, 1.82) is 0 Å². The van der Waals surface area contributed by atoms with Gasteiger partial charge in [0.1, 0.15) is 0 Å². The van der Waals surface area contributed by atoms with Gasteiger partial charge in [0.05, 0.1) is 5.75 Å². The van der Waals surface area contributed by atoms with E-state index in [2.05, 4.69) is 33.5 Å². The first-order valence-corrected chi connectivity index (χ1v) is 11.1. The molecule has 0 saturated carbocycles. The molecule has 1 aromatic carbocycles. The van der Waals surface area contributed by atoms with Gasteiger partial charge >= 0.3 is 6.03 Å². The predicted octanol–water partition coefficient (Wildman–Crippen LogP) is 3.94. The van der Waals surface area contributed by atoms with Crippen LogP contribution in [0.5, 0.6) is 0 Å². The average Bonchev–Trinajstić information content (AvgIpc) is 3.16. The molecule has 0 bridgehead atoms. The summed E-state index contributed by atoms with van der Waals surface area (Å²) in [5, 5.41) is 14.2. The van der Waals surface area contributed by atoms with E-state index in [-0.39, 0.29) is 11.7 Å². The third kappa shape index (κ3) is 6.32. The molecule has 30 heavy (non-hydrogen) atoms. The van der Waals surface area contributed by atoms with Crippen LogP contribution in [0.4, 0.5) is 4.79 Å². The van der Waals surface area contributed by atoms with Crippen LogP contribution in [-0.2, 0) is 11.3 Å². The fourth-order valence-electron chi connectivity index (χ4n) is 3.30. The molecular weight excluding hydrogens is 398 g/mol. The molecule has 1 aromatic heterocycles. The number of carbonyl (C=O) groups is 2. The molecule has 1 aliphatic carbocycles. The summed E-state index contributed by atoms with van der Waals surface area (Å²) in [7, 11) is 0. The van der Waals surface area contributed by atoms with Crippen molar-refractivity contribution < 1.29 is 9.59 Å². The van der Waals surface area contributed by atoms with Crippen molar-refractivity contribution in [3.8, 4) is 11.4 Å². The van der Waals surface area contributed by atoms with E-state index >= 15 is 0 Å². The summed E-state index contributed by atoms with van der Waals surface area (Å²) >= 11 is 1.24. The molecule has 2 N–H and O–H groups in total. The number of benzene rings is 1. The first-order chi connectivity index (χ1) is 14.7. The number of imide groups is 1. The van der Waals surface area contributed by atoms with E-state index in [0.717, 1.165) is 24.8 Å².